The normalized spacial score (nSPS) is 10.9. The van der Waals surface area contributed by atoms with E-state index < -0.39 is 41.3 Å². The molecule has 1 N–H and O–H groups in total. The molecule has 0 fully saturated rings. The van der Waals surface area contributed by atoms with Crippen molar-refractivity contribution in [3.63, 3.8) is 0 Å². The van der Waals surface area contributed by atoms with Crippen molar-refractivity contribution in [1.82, 2.24) is 9.13 Å². The quantitative estimate of drug-likeness (QED) is 0.423. The van der Waals surface area contributed by atoms with Crippen LogP contribution in [0.15, 0.2) is 63.5 Å². The molecule has 0 aliphatic rings. The van der Waals surface area contributed by atoms with E-state index >= 15 is 0 Å². The largest absolute Gasteiger partial charge is 0.462 e. The number of halogens is 2. The molecule has 0 atom stereocenters. The Hall–Kier alpha value is -4.12. The number of aromatic nitrogens is 2. The molecule has 8 nitrogen and oxygen atoms in total. The lowest BCUT2D eigenvalue weighted by Crippen LogP contribution is -2.40. The van der Waals surface area contributed by atoms with Crippen LogP contribution in [0.1, 0.15) is 17.3 Å². The van der Waals surface area contributed by atoms with Crippen LogP contribution in [-0.2, 0) is 16.1 Å². The van der Waals surface area contributed by atoms with Crippen LogP contribution < -0.4 is 16.6 Å². The van der Waals surface area contributed by atoms with Crippen LogP contribution in [0.2, 0.25) is 0 Å². The molecule has 0 aliphatic heterocycles. The minimum absolute atomic E-state index is 0.149. The smallest absolute Gasteiger partial charge is 0.338 e. The molecule has 11 heteroatoms. The SMILES string of the molecule is CCOC(=O)c1ccc(NC(=O)Cn2c(=O)n(-c3cc(F)cc(F)c3)c(=O)c3sccc32)cc1. The number of nitrogens with one attached hydrogen (secondary N) is 1. The molecule has 0 aliphatic carbocycles. The monoisotopic (exact) mass is 485 g/mol. The van der Waals surface area contributed by atoms with Gasteiger partial charge in [-0.2, -0.15) is 0 Å². The van der Waals surface area contributed by atoms with Crippen molar-refractivity contribution < 1.29 is 23.1 Å². The van der Waals surface area contributed by atoms with Gasteiger partial charge in [0.2, 0.25) is 5.91 Å². The van der Waals surface area contributed by atoms with Gasteiger partial charge in [0.1, 0.15) is 22.9 Å². The number of anilines is 1. The van der Waals surface area contributed by atoms with Crippen LogP contribution in [0.4, 0.5) is 14.5 Å². The maximum Gasteiger partial charge on any atom is 0.338 e. The topological polar surface area (TPSA) is 99.4 Å². The molecule has 2 aromatic heterocycles. The van der Waals surface area contributed by atoms with Crippen LogP contribution in [0.5, 0.6) is 0 Å². The molecule has 34 heavy (non-hydrogen) atoms. The second-order valence-electron chi connectivity index (χ2n) is 7.12. The van der Waals surface area contributed by atoms with Gasteiger partial charge in [-0.25, -0.2) is 22.9 Å². The molecule has 0 spiro atoms. The molecule has 0 unspecified atom stereocenters. The third-order valence-electron chi connectivity index (χ3n) is 4.84. The lowest BCUT2D eigenvalue weighted by Gasteiger charge is -2.13. The molecule has 2 heterocycles. The first-order valence-electron chi connectivity index (χ1n) is 10.0. The molecule has 174 valence electrons. The van der Waals surface area contributed by atoms with Crippen molar-refractivity contribution in [3.8, 4) is 5.69 Å². The lowest BCUT2D eigenvalue weighted by atomic mass is 10.2. The summed E-state index contributed by atoms with van der Waals surface area (Å²) in [6.45, 7) is 1.45. The minimum Gasteiger partial charge on any atom is -0.462 e. The average molecular weight is 485 g/mol. The van der Waals surface area contributed by atoms with Gasteiger partial charge in [-0.3, -0.25) is 14.2 Å². The van der Waals surface area contributed by atoms with E-state index in [4.69, 9.17) is 4.74 Å². The number of amides is 1. The summed E-state index contributed by atoms with van der Waals surface area (Å²) in [7, 11) is 0. The lowest BCUT2D eigenvalue weighted by molar-refractivity contribution is -0.116. The van der Waals surface area contributed by atoms with Crippen molar-refractivity contribution in [2.24, 2.45) is 0 Å². The maximum absolute atomic E-state index is 13.8. The predicted molar refractivity (Wildman–Crippen MR) is 123 cm³/mol. The van der Waals surface area contributed by atoms with Crippen LogP contribution in [-0.4, -0.2) is 27.6 Å². The Morgan fingerprint density at radius 1 is 1.03 bits per heavy atom. The highest BCUT2D eigenvalue weighted by Crippen LogP contribution is 2.18. The number of carbonyl (C=O) groups excluding carboxylic acids is 2. The Morgan fingerprint density at radius 3 is 2.35 bits per heavy atom. The highest BCUT2D eigenvalue weighted by Gasteiger charge is 2.19. The van der Waals surface area contributed by atoms with Crippen molar-refractivity contribution in [1.29, 1.82) is 0 Å². The van der Waals surface area contributed by atoms with Crippen molar-refractivity contribution in [2.45, 2.75) is 13.5 Å². The van der Waals surface area contributed by atoms with Crippen LogP contribution >= 0.6 is 11.3 Å². The Morgan fingerprint density at radius 2 is 1.71 bits per heavy atom. The molecule has 4 aromatic rings. The summed E-state index contributed by atoms with van der Waals surface area (Å²) in [4.78, 5) is 50.5. The zero-order valence-electron chi connectivity index (χ0n) is 17.7. The zero-order valence-corrected chi connectivity index (χ0v) is 18.5. The summed E-state index contributed by atoms with van der Waals surface area (Å²) < 4.78 is 34.2. The predicted octanol–water partition coefficient (Wildman–Crippen LogP) is 3.31. The van der Waals surface area contributed by atoms with Gasteiger partial charge in [0, 0.05) is 11.8 Å². The van der Waals surface area contributed by atoms with Gasteiger partial charge in [0.05, 0.1) is 23.4 Å². The first-order valence-corrected chi connectivity index (χ1v) is 10.9. The Balaban J connectivity index is 1.68. The molecule has 0 bridgehead atoms. The average Bonchev–Trinajstić information content (AvgIpc) is 3.27. The van der Waals surface area contributed by atoms with E-state index in [2.05, 4.69) is 5.32 Å². The van der Waals surface area contributed by atoms with E-state index in [-0.39, 0.29) is 22.5 Å². The first-order chi connectivity index (χ1) is 16.3. The first kappa shape index (κ1) is 23.1. The van der Waals surface area contributed by atoms with Gasteiger partial charge in [0.15, 0.2) is 0 Å². The van der Waals surface area contributed by atoms with Gasteiger partial charge in [-0.15, -0.1) is 11.3 Å². The number of benzene rings is 2. The van der Waals surface area contributed by atoms with Crippen LogP contribution in [0.25, 0.3) is 15.9 Å². The number of hydrogen-bond acceptors (Lipinski definition) is 6. The molecular weight excluding hydrogens is 468 g/mol. The van der Waals surface area contributed by atoms with E-state index in [1.807, 2.05) is 0 Å². The van der Waals surface area contributed by atoms with Gasteiger partial charge >= 0.3 is 11.7 Å². The van der Waals surface area contributed by atoms with Crippen LogP contribution in [0.3, 0.4) is 0 Å². The minimum atomic E-state index is -0.955. The summed E-state index contributed by atoms with van der Waals surface area (Å²) in [5.74, 6) is -3.00. The number of hydrogen-bond donors (Lipinski definition) is 1. The third-order valence-corrected chi connectivity index (χ3v) is 5.73. The highest BCUT2D eigenvalue weighted by molar-refractivity contribution is 7.17. The molecular formula is C23H17F2N3O5S. The van der Waals surface area contributed by atoms with Crippen LogP contribution in [0, 0.1) is 11.6 Å². The summed E-state index contributed by atoms with van der Waals surface area (Å²) in [6.07, 6.45) is 0. The number of thiophene rings is 1. The summed E-state index contributed by atoms with van der Waals surface area (Å²) in [5.41, 5.74) is -1.05. The number of nitrogens with zero attached hydrogens (tertiary/aromatic N) is 2. The highest BCUT2D eigenvalue weighted by atomic mass is 32.1. The summed E-state index contributed by atoms with van der Waals surface area (Å²) in [5, 5.41) is 4.18. The van der Waals surface area contributed by atoms with Gasteiger partial charge < -0.3 is 10.1 Å². The van der Waals surface area contributed by atoms with E-state index in [1.165, 1.54) is 30.3 Å². The Bertz CT molecular complexity index is 1500. The molecule has 1 amide bonds. The Labute approximate surface area is 194 Å². The van der Waals surface area contributed by atoms with E-state index in [1.54, 1.807) is 12.3 Å². The number of esters is 1. The number of ether oxygens (including phenoxy) is 1. The fourth-order valence-electron chi connectivity index (χ4n) is 3.38. The van der Waals surface area contributed by atoms with E-state index in [0.717, 1.165) is 28.0 Å². The van der Waals surface area contributed by atoms with E-state index in [9.17, 15) is 28.0 Å². The number of fused-ring (bicyclic) bond motifs is 1. The Kier molecular flexibility index (Phi) is 6.37. The third kappa shape index (κ3) is 4.50. The standard InChI is InChI=1S/C23H17F2N3O5S/c1-2-33-22(31)13-3-5-16(6-4-13)26-19(29)12-27-18-7-8-34-20(18)21(30)28(23(27)32)17-10-14(24)9-15(25)11-17/h3-11H,2,12H2,1H3,(H,26,29). The molecule has 0 saturated carbocycles. The molecule has 0 radical (unpaired) electrons. The fraction of sp³-hybridized carbons (Fsp3) is 0.130. The zero-order chi connectivity index (χ0) is 24.4. The second kappa shape index (κ2) is 9.40. The van der Waals surface area contributed by atoms with Gasteiger partial charge in [-0.1, -0.05) is 0 Å². The fourth-order valence-corrected chi connectivity index (χ4v) is 4.21. The van der Waals surface area contributed by atoms with Crippen molar-refractivity contribution in [3.05, 3.63) is 91.9 Å². The number of rotatable bonds is 6. The van der Waals surface area contributed by atoms with Crippen molar-refractivity contribution in [2.75, 3.05) is 11.9 Å². The number of carbonyl (C=O) groups is 2. The van der Waals surface area contributed by atoms with E-state index in [0.29, 0.717) is 21.9 Å². The maximum atomic E-state index is 13.8. The second-order valence-corrected chi connectivity index (χ2v) is 8.03. The van der Waals surface area contributed by atoms with Crippen molar-refractivity contribution >= 4 is 39.1 Å². The molecule has 4 rings (SSSR count). The summed E-state index contributed by atoms with van der Waals surface area (Å²) in [6, 6.07) is 9.83. The molecule has 2 aromatic carbocycles. The summed E-state index contributed by atoms with van der Waals surface area (Å²) >= 11 is 1.04. The molecule has 0 saturated heterocycles. The van der Waals surface area contributed by atoms with Gasteiger partial charge in [-0.05, 0) is 54.8 Å². The van der Waals surface area contributed by atoms with Gasteiger partial charge in [0.25, 0.3) is 5.56 Å².